The van der Waals surface area contributed by atoms with Gasteiger partial charge in [-0.1, -0.05) is 12.1 Å². The fourth-order valence-electron chi connectivity index (χ4n) is 1.39. The fraction of sp³-hybridized carbons (Fsp3) is 0.364. The molecule has 0 aliphatic carbocycles. The second-order valence-corrected chi connectivity index (χ2v) is 3.48. The first-order valence-corrected chi connectivity index (χ1v) is 4.72. The van der Waals surface area contributed by atoms with Crippen LogP contribution in [0, 0.1) is 6.92 Å². The summed E-state index contributed by atoms with van der Waals surface area (Å²) in [6.07, 6.45) is -1.36. The topological polar surface area (TPSA) is 83.5 Å². The molecule has 15 heavy (non-hydrogen) atoms. The Balaban J connectivity index is 3.06. The highest BCUT2D eigenvalue weighted by Crippen LogP contribution is 2.21. The van der Waals surface area contributed by atoms with Crippen molar-refractivity contribution < 1.29 is 15.0 Å². The quantitative estimate of drug-likeness (QED) is 0.617. The van der Waals surface area contributed by atoms with E-state index in [4.69, 9.17) is 5.73 Å². The van der Waals surface area contributed by atoms with E-state index in [1.54, 1.807) is 25.1 Å². The lowest BCUT2D eigenvalue weighted by molar-refractivity contribution is 0.0239. The van der Waals surface area contributed by atoms with Crippen molar-refractivity contribution in [2.75, 3.05) is 6.54 Å². The summed E-state index contributed by atoms with van der Waals surface area (Å²) in [5, 5.41) is 19.1. The predicted molar refractivity (Wildman–Crippen MR) is 56.6 cm³/mol. The smallest absolute Gasteiger partial charge is 0.150 e. The number of nitrogens with two attached hydrogens (primary N) is 1. The summed E-state index contributed by atoms with van der Waals surface area (Å²) >= 11 is 0. The highest BCUT2D eigenvalue weighted by atomic mass is 16.3. The minimum atomic E-state index is -1.05. The molecule has 2 unspecified atom stereocenters. The van der Waals surface area contributed by atoms with Crippen LogP contribution in [-0.2, 0) is 0 Å². The summed E-state index contributed by atoms with van der Waals surface area (Å²) in [5.41, 5.74) is 7.08. The Morgan fingerprint density at radius 1 is 1.47 bits per heavy atom. The normalized spacial score (nSPS) is 14.7. The van der Waals surface area contributed by atoms with Gasteiger partial charge in [0.1, 0.15) is 12.4 Å². The van der Waals surface area contributed by atoms with E-state index in [0.29, 0.717) is 17.4 Å². The number of aliphatic hydroxyl groups excluding tert-OH is 2. The molecule has 1 aromatic rings. The van der Waals surface area contributed by atoms with E-state index in [0.717, 1.165) is 5.56 Å². The van der Waals surface area contributed by atoms with Crippen molar-refractivity contribution in [2.45, 2.75) is 19.1 Å². The highest BCUT2D eigenvalue weighted by Gasteiger charge is 2.18. The number of aliphatic hydroxyl groups is 2. The third-order valence-corrected chi connectivity index (χ3v) is 2.36. The molecule has 0 radical (unpaired) electrons. The molecule has 0 saturated heterocycles. The van der Waals surface area contributed by atoms with Gasteiger partial charge >= 0.3 is 0 Å². The largest absolute Gasteiger partial charge is 0.389 e. The van der Waals surface area contributed by atoms with Crippen molar-refractivity contribution in [1.82, 2.24) is 0 Å². The second kappa shape index (κ2) is 5.02. The van der Waals surface area contributed by atoms with Gasteiger partial charge in [0.05, 0.1) is 6.10 Å². The summed E-state index contributed by atoms with van der Waals surface area (Å²) in [6.45, 7) is 1.78. The first-order chi connectivity index (χ1) is 7.10. The highest BCUT2D eigenvalue weighted by molar-refractivity contribution is 5.75. The molecular weight excluding hydrogens is 194 g/mol. The van der Waals surface area contributed by atoms with Crippen LogP contribution in [-0.4, -0.2) is 29.1 Å². The van der Waals surface area contributed by atoms with Gasteiger partial charge in [-0.05, 0) is 24.1 Å². The summed E-state index contributed by atoms with van der Waals surface area (Å²) in [5.74, 6) is 0. The van der Waals surface area contributed by atoms with Crippen molar-refractivity contribution >= 4 is 6.29 Å². The molecule has 1 aromatic carbocycles. The van der Waals surface area contributed by atoms with Gasteiger partial charge in [0.2, 0.25) is 0 Å². The summed E-state index contributed by atoms with van der Waals surface area (Å²) in [7, 11) is 0. The molecule has 4 N–H and O–H groups in total. The molecule has 0 fully saturated rings. The number of hydrogen-bond donors (Lipinski definition) is 3. The minimum Gasteiger partial charge on any atom is -0.389 e. The Kier molecular flexibility index (Phi) is 3.96. The van der Waals surface area contributed by atoms with E-state index >= 15 is 0 Å². The molecule has 82 valence electrons. The Bertz CT molecular complexity index is 352. The zero-order valence-electron chi connectivity index (χ0n) is 8.55. The standard InChI is InChI=1S/C11H15NO3/c1-7-2-3-8(6-13)4-9(7)11(15)10(14)5-12/h2-4,6,10-11,14-15H,5,12H2,1H3. The van der Waals surface area contributed by atoms with E-state index in [2.05, 4.69) is 0 Å². The number of aldehydes is 1. The maximum atomic E-state index is 10.6. The van der Waals surface area contributed by atoms with Crippen LogP contribution in [0.3, 0.4) is 0 Å². The van der Waals surface area contributed by atoms with Gasteiger partial charge in [-0.3, -0.25) is 4.79 Å². The summed E-state index contributed by atoms with van der Waals surface area (Å²) in [6, 6.07) is 4.95. The molecule has 0 bridgehead atoms. The van der Waals surface area contributed by atoms with Crippen molar-refractivity contribution in [2.24, 2.45) is 5.73 Å². The number of hydrogen-bond acceptors (Lipinski definition) is 4. The van der Waals surface area contributed by atoms with Crippen molar-refractivity contribution in [3.05, 3.63) is 34.9 Å². The molecule has 2 atom stereocenters. The SMILES string of the molecule is Cc1ccc(C=O)cc1C(O)C(O)CN. The van der Waals surface area contributed by atoms with Crippen LogP contribution in [0.5, 0.6) is 0 Å². The average Bonchev–Trinajstić information content (AvgIpc) is 2.27. The predicted octanol–water partition coefficient (Wildman–Crippen LogP) is 0.161. The molecule has 0 saturated carbocycles. The molecule has 0 aromatic heterocycles. The van der Waals surface area contributed by atoms with E-state index in [1.165, 1.54) is 0 Å². The Morgan fingerprint density at radius 3 is 2.67 bits per heavy atom. The van der Waals surface area contributed by atoms with E-state index in [1.807, 2.05) is 0 Å². The second-order valence-electron chi connectivity index (χ2n) is 3.48. The molecule has 0 spiro atoms. The molecule has 1 rings (SSSR count). The van der Waals surface area contributed by atoms with Crippen LogP contribution in [0.1, 0.15) is 27.6 Å². The van der Waals surface area contributed by atoms with Gasteiger partial charge in [0.25, 0.3) is 0 Å². The molecule has 0 heterocycles. The van der Waals surface area contributed by atoms with Crippen LogP contribution in [0.4, 0.5) is 0 Å². The zero-order valence-corrected chi connectivity index (χ0v) is 8.55. The molecule has 0 amide bonds. The Morgan fingerprint density at radius 2 is 2.13 bits per heavy atom. The number of carbonyl (C=O) groups is 1. The number of carbonyl (C=O) groups excluding carboxylic acids is 1. The third-order valence-electron chi connectivity index (χ3n) is 2.36. The molecular formula is C11H15NO3. The van der Waals surface area contributed by atoms with Crippen LogP contribution in [0.15, 0.2) is 18.2 Å². The molecule has 0 aliphatic heterocycles. The fourth-order valence-corrected chi connectivity index (χ4v) is 1.39. The zero-order chi connectivity index (χ0) is 11.4. The number of rotatable bonds is 4. The monoisotopic (exact) mass is 209 g/mol. The summed E-state index contributed by atoms with van der Waals surface area (Å²) < 4.78 is 0. The molecule has 4 heteroatoms. The van der Waals surface area contributed by atoms with Gasteiger partial charge in [-0.2, -0.15) is 0 Å². The first kappa shape index (κ1) is 11.8. The Labute approximate surface area is 88.3 Å². The van der Waals surface area contributed by atoms with E-state index in [-0.39, 0.29) is 6.54 Å². The summed E-state index contributed by atoms with van der Waals surface area (Å²) in [4.78, 5) is 10.6. The van der Waals surface area contributed by atoms with Gasteiger partial charge in [-0.25, -0.2) is 0 Å². The number of benzene rings is 1. The van der Waals surface area contributed by atoms with Crippen LogP contribution < -0.4 is 5.73 Å². The van der Waals surface area contributed by atoms with Crippen LogP contribution in [0.2, 0.25) is 0 Å². The van der Waals surface area contributed by atoms with Crippen molar-refractivity contribution in [3.8, 4) is 0 Å². The van der Waals surface area contributed by atoms with E-state index < -0.39 is 12.2 Å². The van der Waals surface area contributed by atoms with Crippen LogP contribution in [0.25, 0.3) is 0 Å². The number of aryl methyl sites for hydroxylation is 1. The van der Waals surface area contributed by atoms with E-state index in [9.17, 15) is 15.0 Å². The molecule has 4 nitrogen and oxygen atoms in total. The van der Waals surface area contributed by atoms with Gasteiger partial charge in [-0.15, -0.1) is 0 Å². The first-order valence-electron chi connectivity index (χ1n) is 4.72. The maximum Gasteiger partial charge on any atom is 0.150 e. The van der Waals surface area contributed by atoms with Gasteiger partial charge in [0, 0.05) is 12.1 Å². The maximum absolute atomic E-state index is 10.6. The van der Waals surface area contributed by atoms with Crippen molar-refractivity contribution in [3.63, 3.8) is 0 Å². The van der Waals surface area contributed by atoms with Gasteiger partial charge < -0.3 is 15.9 Å². The van der Waals surface area contributed by atoms with Gasteiger partial charge in [0.15, 0.2) is 0 Å². The molecule has 0 aliphatic rings. The Hall–Kier alpha value is -1.23. The minimum absolute atomic E-state index is 0.0219. The lowest BCUT2D eigenvalue weighted by atomic mass is 9.97. The lowest BCUT2D eigenvalue weighted by Gasteiger charge is -2.18. The lowest BCUT2D eigenvalue weighted by Crippen LogP contribution is -2.27. The van der Waals surface area contributed by atoms with Crippen molar-refractivity contribution in [1.29, 1.82) is 0 Å². The average molecular weight is 209 g/mol. The van der Waals surface area contributed by atoms with Crippen LogP contribution >= 0.6 is 0 Å². The third kappa shape index (κ3) is 2.62.